The molecule has 1 aromatic rings. The van der Waals surface area contributed by atoms with Crippen molar-refractivity contribution in [1.29, 1.82) is 0 Å². The standard InChI is InChI=1S/C12H16ClFN2O/c1-3-7(2)11(15)12(17)16-10-5-4-8(14)6-9(10)13/h4-7,11H,3,15H2,1-2H3,(H,16,17)/t7-,11-/m0/s1. The molecule has 2 atom stereocenters. The fourth-order valence-corrected chi connectivity index (χ4v) is 1.53. The molecule has 3 nitrogen and oxygen atoms in total. The van der Waals surface area contributed by atoms with Crippen molar-refractivity contribution in [3.63, 3.8) is 0 Å². The number of hydrogen-bond donors (Lipinski definition) is 2. The number of anilines is 1. The number of hydrogen-bond acceptors (Lipinski definition) is 2. The minimum atomic E-state index is -0.596. The van der Waals surface area contributed by atoms with Crippen LogP contribution < -0.4 is 11.1 Å². The van der Waals surface area contributed by atoms with Crippen LogP contribution in [0.1, 0.15) is 20.3 Å². The molecule has 0 fully saturated rings. The third-order valence-electron chi connectivity index (χ3n) is 2.75. The average molecular weight is 259 g/mol. The molecule has 0 aliphatic rings. The van der Waals surface area contributed by atoms with Gasteiger partial charge in [-0.15, -0.1) is 0 Å². The van der Waals surface area contributed by atoms with Gasteiger partial charge < -0.3 is 11.1 Å². The minimum absolute atomic E-state index is 0.0780. The highest BCUT2D eigenvalue weighted by Gasteiger charge is 2.20. The topological polar surface area (TPSA) is 55.1 Å². The van der Waals surface area contributed by atoms with Crippen LogP contribution in [0.15, 0.2) is 18.2 Å². The Morgan fingerprint density at radius 2 is 2.24 bits per heavy atom. The van der Waals surface area contributed by atoms with Crippen LogP contribution >= 0.6 is 11.6 Å². The Bertz CT molecular complexity index is 411. The molecule has 1 aromatic carbocycles. The number of carbonyl (C=O) groups excluding carboxylic acids is 1. The minimum Gasteiger partial charge on any atom is -0.323 e. The molecular weight excluding hydrogens is 243 g/mol. The molecule has 0 aliphatic carbocycles. The highest BCUT2D eigenvalue weighted by molar-refractivity contribution is 6.33. The van der Waals surface area contributed by atoms with Gasteiger partial charge in [-0.25, -0.2) is 4.39 Å². The molecule has 17 heavy (non-hydrogen) atoms. The van der Waals surface area contributed by atoms with E-state index in [0.29, 0.717) is 5.69 Å². The molecule has 0 radical (unpaired) electrons. The van der Waals surface area contributed by atoms with Crippen molar-refractivity contribution in [3.05, 3.63) is 29.0 Å². The lowest BCUT2D eigenvalue weighted by atomic mass is 9.99. The van der Waals surface area contributed by atoms with E-state index in [2.05, 4.69) is 5.32 Å². The van der Waals surface area contributed by atoms with Crippen LogP contribution in [0, 0.1) is 11.7 Å². The predicted molar refractivity (Wildman–Crippen MR) is 67.5 cm³/mol. The maximum atomic E-state index is 12.8. The zero-order valence-electron chi connectivity index (χ0n) is 9.84. The van der Waals surface area contributed by atoms with Gasteiger partial charge in [0.05, 0.1) is 16.8 Å². The first-order chi connectivity index (χ1) is 7.95. The third kappa shape index (κ3) is 3.68. The van der Waals surface area contributed by atoms with E-state index in [9.17, 15) is 9.18 Å². The first-order valence-corrected chi connectivity index (χ1v) is 5.85. The molecule has 0 aliphatic heterocycles. The molecule has 0 saturated heterocycles. The van der Waals surface area contributed by atoms with Gasteiger partial charge in [-0.2, -0.15) is 0 Å². The first kappa shape index (κ1) is 13.9. The fourth-order valence-electron chi connectivity index (χ4n) is 1.32. The fraction of sp³-hybridized carbons (Fsp3) is 0.417. The number of amides is 1. The monoisotopic (exact) mass is 258 g/mol. The molecular formula is C12H16ClFN2O. The van der Waals surface area contributed by atoms with E-state index in [1.165, 1.54) is 12.1 Å². The van der Waals surface area contributed by atoms with Crippen LogP contribution in [0.3, 0.4) is 0 Å². The molecule has 1 rings (SSSR count). The van der Waals surface area contributed by atoms with Crippen LogP contribution in [0.25, 0.3) is 0 Å². The zero-order chi connectivity index (χ0) is 13.0. The molecule has 1 amide bonds. The Balaban J connectivity index is 2.74. The SMILES string of the molecule is CC[C@H](C)[C@H](N)C(=O)Nc1ccc(F)cc1Cl. The van der Waals surface area contributed by atoms with Gasteiger partial charge in [0.2, 0.25) is 5.91 Å². The van der Waals surface area contributed by atoms with Gasteiger partial charge >= 0.3 is 0 Å². The highest BCUT2D eigenvalue weighted by atomic mass is 35.5. The molecule has 0 spiro atoms. The molecule has 0 saturated carbocycles. The quantitative estimate of drug-likeness (QED) is 0.873. The Morgan fingerprint density at radius 3 is 2.76 bits per heavy atom. The highest BCUT2D eigenvalue weighted by Crippen LogP contribution is 2.22. The number of nitrogens with two attached hydrogens (primary N) is 1. The number of carbonyl (C=O) groups is 1. The molecule has 0 bridgehead atoms. The number of nitrogens with one attached hydrogen (secondary N) is 1. The van der Waals surface area contributed by atoms with E-state index in [1.807, 2.05) is 13.8 Å². The van der Waals surface area contributed by atoms with Crippen LogP contribution in [0.5, 0.6) is 0 Å². The summed E-state index contributed by atoms with van der Waals surface area (Å²) >= 11 is 5.80. The summed E-state index contributed by atoms with van der Waals surface area (Å²) in [5, 5.41) is 2.75. The van der Waals surface area contributed by atoms with E-state index < -0.39 is 11.9 Å². The molecule has 0 heterocycles. The second-order valence-corrected chi connectivity index (χ2v) is 4.43. The van der Waals surface area contributed by atoms with E-state index in [0.717, 1.165) is 12.5 Å². The summed E-state index contributed by atoms with van der Waals surface area (Å²) in [6.07, 6.45) is 0.811. The normalized spacial score (nSPS) is 14.2. The number of rotatable bonds is 4. The lowest BCUT2D eigenvalue weighted by Crippen LogP contribution is -2.40. The van der Waals surface area contributed by atoms with E-state index in [1.54, 1.807) is 0 Å². The molecule has 94 valence electrons. The Labute approximate surface area is 105 Å². The number of benzene rings is 1. The van der Waals surface area contributed by atoms with Crippen molar-refractivity contribution in [2.24, 2.45) is 11.7 Å². The van der Waals surface area contributed by atoms with Crippen LogP contribution in [0.4, 0.5) is 10.1 Å². The lowest BCUT2D eigenvalue weighted by molar-refractivity contribution is -0.118. The van der Waals surface area contributed by atoms with Crippen molar-refractivity contribution >= 4 is 23.2 Å². The van der Waals surface area contributed by atoms with Gasteiger partial charge in [0.25, 0.3) is 0 Å². The Morgan fingerprint density at radius 1 is 1.59 bits per heavy atom. The van der Waals surface area contributed by atoms with Gasteiger partial charge in [-0.1, -0.05) is 31.9 Å². The summed E-state index contributed by atoms with van der Waals surface area (Å²) in [5.41, 5.74) is 6.14. The van der Waals surface area contributed by atoms with Gasteiger partial charge in [-0.3, -0.25) is 4.79 Å². The molecule has 5 heteroatoms. The maximum absolute atomic E-state index is 12.8. The second-order valence-electron chi connectivity index (χ2n) is 4.02. The largest absolute Gasteiger partial charge is 0.323 e. The number of halogens is 2. The van der Waals surface area contributed by atoms with Crippen molar-refractivity contribution < 1.29 is 9.18 Å². The van der Waals surface area contributed by atoms with E-state index >= 15 is 0 Å². The summed E-state index contributed by atoms with van der Waals surface area (Å²) in [4.78, 5) is 11.8. The van der Waals surface area contributed by atoms with Gasteiger partial charge in [-0.05, 0) is 24.1 Å². The summed E-state index contributed by atoms with van der Waals surface area (Å²) in [7, 11) is 0. The summed E-state index contributed by atoms with van der Waals surface area (Å²) in [5.74, 6) is -0.679. The van der Waals surface area contributed by atoms with Crippen LogP contribution in [-0.2, 0) is 4.79 Å². The van der Waals surface area contributed by atoms with Crippen molar-refractivity contribution in [2.45, 2.75) is 26.3 Å². The van der Waals surface area contributed by atoms with E-state index in [-0.39, 0.29) is 16.8 Å². The predicted octanol–water partition coefficient (Wildman–Crippen LogP) is 2.79. The molecule has 0 aromatic heterocycles. The van der Waals surface area contributed by atoms with Gasteiger partial charge in [0.15, 0.2) is 0 Å². The van der Waals surface area contributed by atoms with E-state index in [4.69, 9.17) is 17.3 Å². The molecule has 3 N–H and O–H groups in total. The summed E-state index contributed by atoms with van der Waals surface area (Å²) < 4.78 is 12.8. The smallest absolute Gasteiger partial charge is 0.241 e. The Hall–Kier alpha value is -1.13. The lowest BCUT2D eigenvalue weighted by Gasteiger charge is -2.18. The van der Waals surface area contributed by atoms with Gasteiger partial charge in [0, 0.05) is 0 Å². The van der Waals surface area contributed by atoms with Crippen molar-refractivity contribution in [3.8, 4) is 0 Å². The molecule has 0 unspecified atom stereocenters. The zero-order valence-corrected chi connectivity index (χ0v) is 10.6. The maximum Gasteiger partial charge on any atom is 0.241 e. The summed E-state index contributed by atoms with van der Waals surface area (Å²) in [6, 6.07) is 3.20. The van der Waals surface area contributed by atoms with Crippen molar-refractivity contribution in [2.75, 3.05) is 5.32 Å². The van der Waals surface area contributed by atoms with Crippen molar-refractivity contribution in [1.82, 2.24) is 0 Å². The van der Waals surface area contributed by atoms with Gasteiger partial charge in [0.1, 0.15) is 5.82 Å². The van der Waals surface area contributed by atoms with Crippen LogP contribution in [-0.4, -0.2) is 11.9 Å². The van der Waals surface area contributed by atoms with Crippen LogP contribution in [0.2, 0.25) is 5.02 Å². The Kier molecular flexibility index (Phi) is 4.90. The first-order valence-electron chi connectivity index (χ1n) is 5.47. The second kappa shape index (κ2) is 5.98. The summed E-state index contributed by atoms with van der Waals surface area (Å²) in [6.45, 7) is 3.86. The third-order valence-corrected chi connectivity index (χ3v) is 3.06. The average Bonchev–Trinajstić information content (AvgIpc) is 2.30.